The molecule has 138 valence electrons. The molecule has 0 atom stereocenters. The lowest BCUT2D eigenvalue weighted by Crippen LogP contribution is -2.37. The number of benzene rings is 2. The van der Waals surface area contributed by atoms with Crippen molar-refractivity contribution in [1.29, 1.82) is 0 Å². The van der Waals surface area contributed by atoms with Crippen LogP contribution in [-0.2, 0) is 17.9 Å². The van der Waals surface area contributed by atoms with Crippen molar-refractivity contribution in [2.75, 3.05) is 6.54 Å². The van der Waals surface area contributed by atoms with E-state index in [2.05, 4.69) is 5.10 Å². The molecule has 0 aliphatic heterocycles. The lowest BCUT2D eigenvalue weighted by atomic mass is 10.1. The number of likely N-dealkylation sites (N-methyl/N-ethyl adjacent to an activating group) is 1. The highest BCUT2D eigenvalue weighted by atomic mass is 16.4. The quantitative estimate of drug-likeness (QED) is 0.722. The molecule has 0 saturated heterocycles. The largest absolute Gasteiger partial charge is 0.476 e. The second kappa shape index (κ2) is 7.82. The number of hydrogen-bond donors (Lipinski definition) is 1. The zero-order valence-corrected chi connectivity index (χ0v) is 14.8. The van der Waals surface area contributed by atoms with Crippen LogP contribution in [0.15, 0.2) is 59.4 Å². The first-order chi connectivity index (χ1) is 13.0. The van der Waals surface area contributed by atoms with Crippen LogP contribution in [0.1, 0.15) is 23.0 Å². The van der Waals surface area contributed by atoms with Gasteiger partial charge in [0.15, 0.2) is 5.69 Å². The maximum atomic E-state index is 12.7. The van der Waals surface area contributed by atoms with Crippen LogP contribution >= 0.6 is 0 Å². The zero-order chi connectivity index (χ0) is 19.4. The van der Waals surface area contributed by atoms with Crippen molar-refractivity contribution < 1.29 is 14.7 Å². The molecule has 1 amide bonds. The van der Waals surface area contributed by atoms with Gasteiger partial charge in [0, 0.05) is 18.5 Å². The van der Waals surface area contributed by atoms with Crippen molar-refractivity contribution >= 4 is 22.6 Å². The Balaban J connectivity index is 1.93. The molecule has 3 aromatic rings. The highest BCUT2D eigenvalue weighted by Gasteiger charge is 2.19. The van der Waals surface area contributed by atoms with Gasteiger partial charge in [-0.05, 0) is 18.6 Å². The van der Waals surface area contributed by atoms with Crippen LogP contribution in [0, 0.1) is 0 Å². The van der Waals surface area contributed by atoms with Gasteiger partial charge in [0.2, 0.25) is 5.91 Å². The number of carbonyl (C=O) groups excluding carboxylic acids is 1. The monoisotopic (exact) mass is 365 g/mol. The Morgan fingerprint density at radius 1 is 1.04 bits per heavy atom. The molecule has 3 rings (SSSR count). The Morgan fingerprint density at radius 2 is 1.67 bits per heavy atom. The summed E-state index contributed by atoms with van der Waals surface area (Å²) in [5.74, 6) is -1.55. The predicted octanol–water partition coefficient (Wildman–Crippen LogP) is 2.14. The number of fused-ring (bicyclic) bond motifs is 1. The van der Waals surface area contributed by atoms with Crippen LogP contribution in [0.3, 0.4) is 0 Å². The van der Waals surface area contributed by atoms with Gasteiger partial charge in [0.05, 0.1) is 5.39 Å². The normalized spacial score (nSPS) is 10.7. The van der Waals surface area contributed by atoms with E-state index in [-0.39, 0.29) is 28.9 Å². The first-order valence-corrected chi connectivity index (χ1v) is 8.56. The Labute approximate surface area is 155 Å². The molecule has 1 aromatic heterocycles. The fourth-order valence-electron chi connectivity index (χ4n) is 2.91. The minimum absolute atomic E-state index is 0.226. The Kier molecular flexibility index (Phi) is 5.30. The van der Waals surface area contributed by atoms with Gasteiger partial charge in [-0.15, -0.1) is 0 Å². The van der Waals surface area contributed by atoms with Crippen molar-refractivity contribution in [3.63, 3.8) is 0 Å². The average molecular weight is 365 g/mol. The number of hydrogen-bond acceptors (Lipinski definition) is 4. The zero-order valence-electron chi connectivity index (χ0n) is 14.8. The molecular weight excluding hydrogens is 346 g/mol. The third-order valence-corrected chi connectivity index (χ3v) is 4.31. The minimum Gasteiger partial charge on any atom is -0.476 e. The summed E-state index contributed by atoms with van der Waals surface area (Å²) < 4.78 is 0.932. The van der Waals surface area contributed by atoms with E-state index in [1.165, 1.54) is 12.1 Å². The third-order valence-electron chi connectivity index (χ3n) is 4.31. The van der Waals surface area contributed by atoms with Crippen LogP contribution in [0.5, 0.6) is 0 Å². The maximum Gasteiger partial charge on any atom is 0.357 e. The Hall–Kier alpha value is -3.48. The molecule has 7 nitrogen and oxygen atoms in total. The molecule has 1 N–H and O–H groups in total. The summed E-state index contributed by atoms with van der Waals surface area (Å²) in [5, 5.41) is 13.8. The highest BCUT2D eigenvalue weighted by molar-refractivity contribution is 6.01. The van der Waals surface area contributed by atoms with Crippen molar-refractivity contribution in [1.82, 2.24) is 14.7 Å². The van der Waals surface area contributed by atoms with Crippen LogP contribution in [0.25, 0.3) is 10.8 Å². The fraction of sp³-hybridized carbons (Fsp3) is 0.200. The summed E-state index contributed by atoms with van der Waals surface area (Å²) in [7, 11) is 0. The molecule has 2 aromatic carbocycles. The van der Waals surface area contributed by atoms with Crippen molar-refractivity contribution in [2.24, 2.45) is 0 Å². The van der Waals surface area contributed by atoms with Crippen LogP contribution < -0.4 is 5.56 Å². The summed E-state index contributed by atoms with van der Waals surface area (Å²) in [6.07, 6.45) is 0. The molecule has 7 heteroatoms. The van der Waals surface area contributed by atoms with E-state index in [0.29, 0.717) is 13.1 Å². The van der Waals surface area contributed by atoms with Gasteiger partial charge < -0.3 is 10.0 Å². The summed E-state index contributed by atoms with van der Waals surface area (Å²) in [5.41, 5.74) is 0.238. The number of amides is 1. The summed E-state index contributed by atoms with van der Waals surface area (Å²) in [6, 6.07) is 15.9. The van der Waals surface area contributed by atoms with Crippen molar-refractivity contribution in [3.8, 4) is 0 Å². The van der Waals surface area contributed by atoms with Gasteiger partial charge >= 0.3 is 5.97 Å². The summed E-state index contributed by atoms with van der Waals surface area (Å²) in [6.45, 7) is 2.40. The average Bonchev–Trinajstić information content (AvgIpc) is 2.68. The number of rotatable bonds is 6. The molecule has 1 heterocycles. The van der Waals surface area contributed by atoms with Crippen LogP contribution in [0.4, 0.5) is 0 Å². The third kappa shape index (κ3) is 3.87. The maximum absolute atomic E-state index is 12.7. The van der Waals surface area contributed by atoms with E-state index in [0.717, 1.165) is 10.2 Å². The van der Waals surface area contributed by atoms with E-state index >= 15 is 0 Å². The molecule has 0 aliphatic carbocycles. The molecular formula is C20H19N3O4. The number of carboxylic acids is 1. The minimum atomic E-state index is -1.25. The topological polar surface area (TPSA) is 92.5 Å². The number of aromatic nitrogens is 2. The van der Waals surface area contributed by atoms with E-state index in [9.17, 15) is 19.5 Å². The fourth-order valence-corrected chi connectivity index (χ4v) is 2.91. The SMILES string of the molecule is CCN(Cc1ccccc1)C(=O)Cn1nc(C(=O)O)c2ccccc2c1=O. The molecule has 0 saturated carbocycles. The summed E-state index contributed by atoms with van der Waals surface area (Å²) >= 11 is 0. The first-order valence-electron chi connectivity index (χ1n) is 8.56. The van der Waals surface area contributed by atoms with Gasteiger partial charge in [-0.25, -0.2) is 9.48 Å². The van der Waals surface area contributed by atoms with Gasteiger partial charge in [0.1, 0.15) is 6.54 Å². The van der Waals surface area contributed by atoms with Crippen LogP contribution in [0.2, 0.25) is 0 Å². The first kappa shape index (κ1) is 18.3. The van der Waals surface area contributed by atoms with E-state index in [1.807, 2.05) is 37.3 Å². The van der Waals surface area contributed by atoms with Crippen molar-refractivity contribution in [2.45, 2.75) is 20.0 Å². The van der Waals surface area contributed by atoms with E-state index in [4.69, 9.17) is 0 Å². The Morgan fingerprint density at radius 3 is 2.30 bits per heavy atom. The molecule has 0 radical (unpaired) electrons. The summed E-state index contributed by atoms with van der Waals surface area (Å²) in [4.78, 5) is 38.5. The number of nitrogens with zero attached hydrogens (tertiary/aromatic N) is 3. The number of carboxylic acid groups (broad SMARTS) is 1. The molecule has 27 heavy (non-hydrogen) atoms. The highest BCUT2D eigenvalue weighted by Crippen LogP contribution is 2.13. The van der Waals surface area contributed by atoms with E-state index in [1.54, 1.807) is 17.0 Å². The number of carbonyl (C=O) groups is 2. The predicted molar refractivity (Wildman–Crippen MR) is 100 cm³/mol. The van der Waals surface area contributed by atoms with Gasteiger partial charge in [0.25, 0.3) is 5.56 Å². The molecule has 0 fully saturated rings. The molecule has 0 bridgehead atoms. The van der Waals surface area contributed by atoms with Crippen molar-refractivity contribution in [3.05, 3.63) is 76.2 Å². The second-order valence-electron chi connectivity index (χ2n) is 6.06. The van der Waals surface area contributed by atoms with Gasteiger partial charge in [-0.2, -0.15) is 5.10 Å². The van der Waals surface area contributed by atoms with Gasteiger partial charge in [-0.1, -0.05) is 48.5 Å². The standard InChI is InChI=1S/C20H19N3O4/c1-2-22(12-14-8-4-3-5-9-14)17(24)13-23-19(25)16-11-7-6-10-15(16)18(21-23)20(26)27/h3-11H,2,12-13H2,1H3,(H,26,27). The second-order valence-corrected chi connectivity index (χ2v) is 6.06. The smallest absolute Gasteiger partial charge is 0.357 e. The van der Waals surface area contributed by atoms with E-state index < -0.39 is 11.5 Å². The Bertz CT molecular complexity index is 1040. The lowest BCUT2D eigenvalue weighted by molar-refractivity contribution is -0.132. The lowest BCUT2D eigenvalue weighted by Gasteiger charge is -2.21. The van der Waals surface area contributed by atoms with Crippen LogP contribution in [-0.4, -0.2) is 38.2 Å². The molecule has 0 unspecified atom stereocenters. The number of aromatic carboxylic acids is 1. The molecule has 0 spiro atoms. The van der Waals surface area contributed by atoms with Gasteiger partial charge in [-0.3, -0.25) is 9.59 Å². The molecule has 0 aliphatic rings.